The Morgan fingerprint density at radius 3 is 2.56 bits per heavy atom. The number of nitrogens with zero attached hydrogens (tertiary/aromatic N) is 3. The number of rotatable bonds is 2. The van der Waals surface area contributed by atoms with Crippen molar-refractivity contribution in [1.82, 2.24) is 19.7 Å². The fraction of sp³-hybridized carbons (Fsp3) is 0.217. The molecule has 0 aliphatic carbocycles. The first-order chi connectivity index (χ1) is 15.3. The lowest BCUT2D eigenvalue weighted by Gasteiger charge is -2.33. The van der Waals surface area contributed by atoms with Gasteiger partial charge in [0.05, 0.1) is 23.0 Å². The Morgan fingerprint density at radius 1 is 1.12 bits per heavy atom. The van der Waals surface area contributed by atoms with Crippen LogP contribution in [0.1, 0.15) is 34.6 Å². The number of amides is 1. The standard InChI is InChI=1S/C23H18F4N4O/c1-11-21-14(22(30(2)29-21)12-7-17(25)20(27)18(26)8-12)5-6-31(11)23(32)16-10-28-19-4-3-13(24)9-15(16)19/h3-4,7-11,28H,5-6H2,1-2H3/t11-/m0/s1. The van der Waals surface area contributed by atoms with E-state index in [1.165, 1.54) is 16.8 Å². The number of hydrogen-bond acceptors (Lipinski definition) is 2. The van der Waals surface area contributed by atoms with Crippen molar-refractivity contribution in [3.8, 4) is 11.3 Å². The minimum Gasteiger partial charge on any atom is -0.360 e. The Bertz CT molecular complexity index is 1370. The molecule has 0 radical (unpaired) electrons. The quantitative estimate of drug-likeness (QED) is 0.355. The number of aryl methyl sites for hydroxylation is 1. The largest absolute Gasteiger partial charge is 0.360 e. The van der Waals surface area contributed by atoms with Crippen molar-refractivity contribution in [2.24, 2.45) is 7.05 Å². The highest BCUT2D eigenvalue weighted by Gasteiger charge is 2.34. The second kappa shape index (κ2) is 7.22. The summed E-state index contributed by atoms with van der Waals surface area (Å²) in [6.45, 7) is 2.15. The summed E-state index contributed by atoms with van der Waals surface area (Å²) in [4.78, 5) is 17.9. The third-order valence-corrected chi connectivity index (χ3v) is 6.03. The number of carbonyl (C=O) groups is 1. The number of H-pyrrole nitrogens is 1. The van der Waals surface area contributed by atoms with E-state index in [0.717, 1.165) is 17.7 Å². The maximum atomic E-state index is 13.8. The van der Waals surface area contributed by atoms with E-state index in [2.05, 4.69) is 10.1 Å². The third kappa shape index (κ3) is 2.99. The van der Waals surface area contributed by atoms with Crippen LogP contribution in [-0.2, 0) is 13.5 Å². The van der Waals surface area contributed by atoms with E-state index in [9.17, 15) is 22.4 Å². The molecule has 0 spiro atoms. The molecule has 32 heavy (non-hydrogen) atoms. The molecule has 1 atom stereocenters. The molecule has 0 fully saturated rings. The summed E-state index contributed by atoms with van der Waals surface area (Å²) in [5, 5.41) is 4.99. The summed E-state index contributed by atoms with van der Waals surface area (Å²) in [5.41, 5.74) is 3.01. The zero-order valence-corrected chi connectivity index (χ0v) is 17.2. The first-order valence-corrected chi connectivity index (χ1v) is 10.0. The molecule has 2 aromatic carbocycles. The summed E-state index contributed by atoms with van der Waals surface area (Å²) < 4.78 is 56.3. The number of carbonyl (C=O) groups excluding carboxylic acids is 1. The van der Waals surface area contributed by atoms with Crippen molar-refractivity contribution in [2.75, 3.05) is 6.54 Å². The molecule has 1 aliphatic heterocycles. The van der Waals surface area contributed by atoms with Crippen LogP contribution >= 0.6 is 0 Å². The fourth-order valence-electron chi connectivity index (χ4n) is 4.50. The molecular weight excluding hydrogens is 424 g/mol. The van der Waals surface area contributed by atoms with E-state index in [0.29, 0.717) is 40.8 Å². The van der Waals surface area contributed by atoms with E-state index in [1.54, 1.807) is 24.2 Å². The summed E-state index contributed by atoms with van der Waals surface area (Å²) >= 11 is 0. The molecule has 0 bridgehead atoms. The lowest BCUT2D eigenvalue weighted by molar-refractivity contribution is 0.0675. The van der Waals surface area contributed by atoms with Gasteiger partial charge >= 0.3 is 0 Å². The number of nitrogens with one attached hydrogen (secondary N) is 1. The van der Waals surface area contributed by atoms with Gasteiger partial charge in [0.15, 0.2) is 17.5 Å². The molecule has 5 nitrogen and oxygen atoms in total. The molecular formula is C23H18F4N4O. The predicted octanol–water partition coefficient (Wildman–Crippen LogP) is 4.88. The van der Waals surface area contributed by atoms with E-state index in [-0.39, 0.29) is 11.5 Å². The van der Waals surface area contributed by atoms with Crippen molar-refractivity contribution in [3.05, 3.63) is 76.6 Å². The van der Waals surface area contributed by atoms with Crippen LogP contribution in [0.5, 0.6) is 0 Å². The van der Waals surface area contributed by atoms with Crippen molar-refractivity contribution < 1.29 is 22.4 Å². The normalized spacial score (nSPS) is 15.9. The SMILES string of the molecule is C[C@H]1c2nn(C)c(-c3cc(F)c(F)c(F)c3)c2CCN1C(=O)c1c[nH]c2ccc(F)cc12. The van der Waals surface area contributed by atoms with Gasteiger partial charge in [-0.3, -0.25) is 9.48 Å². The molecule has 1 aliphatic rings. The Labute approximate surface area is 180 Å². The molecule has 2 aromatic heterocycles. The first-order valence-electron chi connectivity index (χ1n) is 10.0. The molecule has 164 valence electrons. The van der Waals surface area contributed by atoms with E-state index < -0.39 is 29.3 Å². The summed E-state index contributed by atoms with van der Waals surface area (Å²) in [6, 6.07) is 5.66. The smallest absolute Gasteiger partial charge is 0.256 e. The molecule has 0 saturated heterocycles. The van der Waals surface area contributed by atoms with Gasteiger partial charge in [-0.15, -0.1) is 0 Å². The van der Waals surface area contributed by atoms with Crippen LogP contribution in [0.4, 0.5) is 17.6 Å². The summed E-state index contributed by atoms with van der Waals surface area (Å²) in [6.07, 6.45) is 1.95. The van der Waals surface area contributed by atoms with Crippen molar-refractivity contribution in [2.45, 2.75) is 19.4 Å². The Morgan fingerprint density at radius 2 is 1.84 bits per heavy atom. The van der Waals surface area contributed by atoms with Crippen molar-refractivity contribution in [3.63, 3.8) is 0 Å². The minimum atomic E-state index is -1.52. The highest BCUT2D eigenvalue weighted by molar-refractivity contribution is 6.07. The monoisotopic (exact) mass is 442 g/mol. The molecule has 1 amide bonds. The van der Waals surface area contributed by atoms with Crippen molar-refractivity contribution in [1.29, 1.82) is 0 Å². The maximum absolute atomic E-state index is 13.8. The van der Waals surface area contributed by atoms with E-state index in [4.69, 9.17) is 0 Å². The zero-order valence-electron chi connectivity index (χ0n) is 17.2. The van der Waals surface area contributed by atoms with Gasteiger partial charge in [0.1, 0.15) is 5.82 Å². The Hall–Kier alpha value is -3.62. The molecule has 0 unspecified atom stereocenters. The van der Waals surface area contributed by atoms with Crippen LogP contribution in [0.15, 0.2) is 36.5 Å². The fourth-order valence-corrected chi connectivity index (χ4v) is 4.50. The third-order valence-electron chi connectivity index (χ3n) is 6.03. The van der Waals surface area contributed by atoms with Gasteiger partial charge in [0.2, 0.25) is 0 Å². The van der Waals surface area contributed by atoms with Gasteiger partial charge in [0, 0.05) is 41.8 Å². The number of halogens is 4. The van der Waals surface area contributed by atoms with E-state index in [1.807, 2.05) is 6.92 Å². The summed E-state index contributed by atoms with van der Waals surface area (Å²) in [7, 11) is 1.63. The number of aromatic nitrogens is 3. The average molecular weight is 442 g/mol. The highest BCUT2D eigenvalue weighted by atomic mass is 19.2. The Kier molecular flexibility index (Phi) is 4.58. The predicted molar refractivity (Wildman–Crippen MR) is 110 cm³/mol. The molecule has 1 N–H and O–H groups in total. The second-order valence-corrected chi connectivity index (χ2v) is 7.91. The number of aromatic amines is 1. The molecule has 9 heteroatoms. The summed E-state index contributed by atoms with van der Waals surface area (Å²) in [5.74, 6) is -4.78. The Balaban J connectivity index is 1.53. The van der Waals surface area contributed by atoms with Gasteiger partial charge < -0.3 is 9.88 Å². The zero-order chi connectivity index (χ0) is 22.7. The lowest BCUT2D eigenvalue weighted by Crippen LogP contribution is -2.38. The minimum absolute atomic E-state index is 0.178. The highest BCUT2D eigenvalue weighted by Crippen LogP contribution is 2.37. The maximum Gasteiger partial charge on any atom is 0.256 e. The van der Waals surface area contributed by atoms with Crippen LogP contribution in [0.25, 0.3) is 22.2 Å². The van der Waals surface area contributed by atoms with Gasteiger partial charge in [-0.2, -0.15) is 5.10 Å². The van der Waals surface area contributed by atoms with Gasteiger partial charge in [-0.1, -0.05) is 0 Å². The van der Waals surface area contributed by atoms with Crippen LogP contribution in [0.2, 0.25) is 0 Å². The van der Waals surface area contributed by atoms with E-state index >= 15 is 0 Å². The molecule has 0 saturated carbocycles. The topological polar surface area (TPSA) is 53.9 Å². The second-order valence-electron chi connectivity index (χ2n) is 7.91. The molecule has 3 heterocycles. The van der Waals surface area contributed by atoms with Crippen LogP contribution < -0.4 is 0 Å². The number of fused-ring (bicyclic) bond motifs is 2. The van der Waals surface area contributed by atoms with Gasteiger partial charge in [0.25, 0.3) is 5.91 Å². The average Bonchev–Trinajstić information content (AvgIpc) is 3.32. The van der Waals surface area contributed by atoms with Crippen LogP contribution in [0.3, 0.4) is 0 Å². The number of hydrogen-bond donors (Lipinski definition) is 1. The molecule has 5 rings (SSSR count). The first kappa shape index (κ1) is 20.3. The van der Waals surface area contributed by atoms with Crippen LogP contribution in [-0.4, -0.2) is 32.1 Å². The molecule has 4 aromatic rings. The van der Waals surface area contributed by atoms with Gasteiger partial charge in [-0.05, 0) is 43.7 Å². The van der Waals surface area contributed by atoms with Gasteiger partial charge in [-0.25, -0.2) is 17.6 Å². The van der Waals surface area contributed by atoms with Crippen LogP contribution in [0, 0.1) is 23.3 Å². The number of benzene rings is 2. The van der Waals surface area contributed by atoms with Crippen molar-refractivity contribution >= 4 is 16.8 Å². The lowest BCUT2D eigenvalue weighted by atomic mass is 9.95.